The molecule has 174 valence electrons. The molecule has 0 bridgehead atoms. The highest BCUT2D eigenvalue weighted by Crippen LogP contribution is 2.25. The lowest BCUT2D eigenvalue weighted by Gasteiger charge is -2.28. The Morgan fingerprint density at radius 2 is 1.79 bits per heavy atom. The van der Waals surface area contributed by atoms with Crippen LogP contribution in [0.1, 0.15) is 33.7 Å². The Labute approximate surface area is 198 Å². The number of benzene rings is 3. The molecule has 7 nitrogen and oxygen atoms in total. The Balaban J connectivity index is 1.20. The minimum atomic E-state index is -3.69. The molecule has 2 heterocycles. The maximum Gasteiger partial charge on any atom is 0.251 e. The molecule has 8 heteroatoms. The van der Waals surface area contributed by atoms with Gasteiger partial charge in [-0.25, -0.2) is 13.4 Å². The summed E-state index contributed by atoms with van der Waals surface area (Å²) in [4.78, 5) is 20.6. The Bertz CT molecular complexity index is 1410. The number of hydrogen-bond acceptors (Lipinski definition) is 4. The highest BCUT2D eigenvalue weighted by Gasteiger charge is 2.28. The third-order valence-corrected chi connectivity index (χ3v) is 7.99. The second-order valence-corrected chi connectivity index (χ2v) is 10.4. The molecular formula is C26H26N4O3S. The summed E-state index contributed by atoms with van der Waals surface area (Å²) in [7, 11) is -3.69. The van der Waals surface area contributed by atoms with Crippen molar-refractivity contribution in [2.75, 3.05) is 13.1 Å². The van der Waals surface area contributed by atoms with Crippen LogP contribution in [0.5, 0.6) is 0 Å². The van der Waals surface area contributed by atoms with Gasteiger partial charge in [0.25, 0.3) is 5.91 Å². The van der Waals surface area contributed by atoms with Crippen molar-refractivity contribution in [1.29, 1.82) is 0 Å². The number of amides is 1. The molecule has 0 radical (unpaired) electrons. The van der Waals surface area contributed by atoms with Gasteiger partial charge >= 0.3 is 0 Å². The Kier molecular flexibility index (Phi) is 6.17. The summed E-state index contributed by atoms with van der Waals surface area (Å²) in [5, 5.41) is 2.89. The number of rotatable bonds is 7. The molecule has 0 unspecified atom stereocenters. The van der Waals surface area contributed by atoms with Gasteiger partial charge in [0.2, 0.25) is 10.0 Å². The number of fused-ring (bicyclic) bond motifs is 2. The highest BCUT2D eigenvalue weighted by molar-refractivity contribution is 7.89. The smallest absolute Gasteiger partial charge is 0.251 e. The van der Waals surface area contributed by atoms with Gasteiger partial charge in [0.05, 0.1) is 15.9 Å². The summed E-state index contributed by atoms with van der Waals surface area (Å²) in [5.74, 6) is 0.595. The first kappa shape index (κ1) is 22.3. The zero-order valence-electron chi connectivity index (χ0n) is 18.7. The molecule has 0 aliphatic carbocycles. The summed E-state index contributed by atoms with van der Waals surface area (Å²) >= 11 is 0. The first-order valence-electron chi connectivity index (χ1n) is 11.4. The summed E-state index contributed by atoms with van der Waals surface area (Å²) < 4.78 is 28.0. The van der Waals surface area contributed by atoms with Gasteiger partial charge in [0.15, 0.2) is 0 Å². The van der Waals surface area contributed by atoms with Crippen LogP contribution in [0.15, 0.2) is 77.7 Å². The van der Waals surface area contributed by atoms with E-state index in [4.69, 9.17) is 0 Å². The molecule has 1 aliphatic rings. The van der Waals surface area contributed by atoms with Gasteiger partial charge in [-0.2, -0.15) is 4.31 Å². The van der Waals surface area contributed by atoms with E-state index in [9.17, 15) is 13.2 Å². The predicted molar refractivity (Wildman–Crippen MR) is 131 cm³/mol. The van der Waals surface area contributed by atoms with Crippen molar-refractivity contribution in [3.8, 4) is 0 Å². The summed E-state index contributed by atoms with van der Waals surface area (Å²) in [5.41, 5.74) is 4.47. The van der Waals surface area contributed by atoms with Crippen molar-refractivity contribution < 1.29 is 13.2 Å². The monoisotopic (exact) mass is 474 g/mol. The van der Waals surface area contributed by atoms with E-state index in [2.05, 4.69) is 15.3 Å². The van der Waals surface area contributed by atoms with E-state index in [1.165, 1.54) is 15.9 Å². The number of sulfonamides is 1. The number of hydrogen-bond donors (Lipinski definition) is 2. The molecule has 0 fully saturated rings. The largest absolute Gasteiger partial charge is 0.352 e. The lowest BCUT2D eigenvalue weighted by atomic mass is 10.0. The molecule has 34 heavy (non-hydrogen) atoms. The molecular weight excluding hydrogens is 448 g/mol. The van der Waals surface area contributed by atoms with Gasteiger partial charge in [-0.3, -0.25) is 4.79 Å². The Hall–Kier alpha value is -3.49. The number of aromatic amines is 1. The van der Waals surface area contributed by atoms with Gasteiger partial charge in [-0.15, -0.1) is 0 Å². The second kappa shape index (κ2) is 9.40. The predicted octanol–water partition coefficient (Wildman–Crippen LogP) is 3.67. The molecule has 0 saturated carbocycles. The quantitative estimate of drug-likeness (QED) is 0.400. The fourth-order valence-electron chi connectivity index (χ4n) is 4.31. The van der Waals surface area contributed by atoms with E-state index in [0.717, 1.165) is 28.8 Å². The first-order valence-corrected chi connectivity index (χ1v) is 12.8. The van der Waals surface area contributed by atoms with Crippen LogP contribution in [0, 0.1) is 0 Å². The number of carbonyl (C=O) groups is 1. The van der Waals surface area contributed by atoms with Gasteiger partial charge in [0.1, 0.15) is 5.82 Å². The Morgan fingerprint density at radius 1 is 1.00 bits per heavy atom. The van der Waals surface area contributed by atoms with Gasteiger partial charge < -0.3 is 10.3 Å². The lowest BCUT2D eigenvalue weighted by molar-refractivity contribution is 0.0953. The van der Waals surface area contributed by atoms with E-state index in [1.807, 2.05) is 48.5 Å². The van der Waals surface area contributed by atoms with Crippen molar-refractivity contribution in [3.05, 3.63) is 95.3 Å². The number of nitrogens with one attached hydrogen (secondary N) is 2. The molecule has 0 spiro atoms. The first-order chi connectivity index (χ1) is 16.5. The molecule has 3 aromatic carbocycles. The van der Waals surface area contributed by atoms with Crippen molar-refractivity contribution >= 4 is 27.0 Å². The molecule has 4 aromatic rings. The number of H-pyrrole nitrogens is 1. The van der Waals surface area contributed by atoms with Crippen LogP contribution in [0.25, 0.3) is 11.0 Å². The van der Waals surface area contributed by atoms with Crippen molar-refractivity contribution in [1.82, 2.24) is 19.6 Å². The molecule has 0 saturated heterocycles. The number of aromatic nitrogens is 2. The minimum absolute atomic E-state index is 0.141. The highest BCUT2D eigenvalue weighted by atomic mass is 32.2. The second-order valence-electron chi connectivity index (χ2n) is 8.45. The van der Waals surface area contributed by atoms with E-state index in [-0.39, 0.29) is 10.8 Å². The molecule has 1 aliphatic heterocycles. The molecule has 5 rings (SSSR count). The number of nitrogens with zero attached hydrogens (tertiary/aromatic N) is 2. The minimum Gasteiger partial charge on any atom is -0.352 e. The lowest BCUT2D eigenvalue weighted by Crippen LogP contribution is -2.36. The number of para-hydroxylation sites is 2. The zero-order chi connectivity index (χ0) is 23.5. The van der Waals surface area contributed by atoms with Gasteiger partial charge in [0, 0.05) is 31.6 Å². The van der Waals surface area contributed by atoms with Crippen LogP contribution < -0.4 is 5.32 Å². The standard InChI is InChI=1S/C26H26N4O3S/c31-26(27-15-6-13-25-28-23-11-3-4-12-24(23)29-25)20-9-5-10-22(17-20)34(32,33)30-16-14-19-7-1-2-8-21(19)18-30/h1-5,7-12,17H,6,13-16,18H2,(H,27,31)(H,28,29). The van der Waals surface area contributed by atoms with E-state index in [0.29, 0.717) is 38.0 Å². The maximum absolute atomic E-state index is 13.2. The summed E-state index contributed by atoms with van der Waals surface area (Å²) in [6.45, 7) is 1.24. The third-order valence-electron chi connectivity index (χ3n) is 6.14. The fourth-order valence-corrected chi connectivity index (χ4v) is 5.77. The van der Waals surface area contributed by atoms with E-state index < -0.39 is 10.0 Å². The van der Waals surface area contributed by atoms with E-state index >= 15 is 0 Å². The average Bonchev–Trinajstić information content (AvgIpc) is 3.29. The van der Waals surface area contributed by atoms with Crippen LogP contribution in [-0.2, 0) is 29.4 Å². The van der Waals surface area contributed by atoms with Gasteiger partial charge in [-0.1, -0.05) is 42.5 Å². The number of aryl methyl sites for hydroxylation is 1. The zero-order valence-corrected chi connectivity index (χ0v) is 19.5. The van der Waals surface area contributed by atoms with Crippen LogP contribution in [0.3, 0.4) is 0 Å². The average molecular weight is 475 g/mol. The van der Waals surface area contributed by atoms with Crippen LogP contribution >= 0.6 is 0 Å². The summed E-state index contributed by atoms with van der Waals surface area (Å²) in [6.07, 6.45) is 2.11. The van der Waals surface area contributed by atoms with Crippen LogP contribution in [-0.4, -0.2) is 41.7 Å². The SMILES string of the molecule is O=C(NCCCc1nc2ccccc2[nH]1)c1cccc(S(=O)(=O)N2CCc3ccccc3C2)c1. The van der Waals surface area contributed by atoms with E-state index in [1.54, 1.807) is 18.2 Å². The molecule has 2 N–H and O–H groups in total. The third kappa shape index (κ3) is 4.60. The van der Waals surface area contributed by atoms with Crippen molar-refractivity contribution in [2.24, 2.45) is 0 Å². The molecule has 0 atom stereocenters. The van der Waals surface area contributed by atoms with Crippen molar-refractivity contribution in [2.45, 2.75) is 30.7 Å². The van der Waals surface area contributed by atoms with Crippen LogP contribution in [0.4, 0.5) is 0 Å². The normalized spacial score (nSPS) is 14.1. The van der Waals surface area contributed by atoms with Gasteiger partial charge in [-0.05, 0) is 54.3 Å². The summed E-state index contributed by atoms with van der Waals surface area (Å²) in [6, 6.07) is 22.0. The van der Waals surface area contributed by atoms with Crippen LogP contribution in [0.2, 0.25) is 0 Å². The fraction of sp³-hybridized carbons (Fsp3) is 0.231. The number of carbonyl (C=O) groups excluding carboxylic acids is 1. The number of imidazole rings is 1. The Morgan fingerprint density at radius 3 is 2.65 bits per heavy atom. The van der Waals surface area contributed by atoms with Crippen molar-refractivity contribution in [3.63, 3.8) is 0 Å². The molecule has 1 aromatic heterocycles. The topological polar surface area (TPSA) is 95.2 Å². The molecule has 1 amide bonds. The maximum atomic E-state index is 13.2.